The second-order valence-electron chi connectivity index (χ2n) is 6.92. The van der Waals surface area contributed by atoms with Crippen LogP contribution < -0.4 is 14.8 Å². The van der Waals surface area contributed by atoms with E-state index in [-0.39, 0.29) is 29.6 Å². The molecule has 1 heterocycles. The molecule has 1 atom stereocenters. The number of nitrogens with zero attached hydrogens (tertiary/aromatic N) is 1. The fourth-order valence-corrected chi connectivity index (χ4v) is 5.14. The molecule has 162 valence electrons. The van der Waals surface area contributed by atoms with Crippen molar-refractivity contribution in [2.45, 2.75) is 24.7 Å². The first kappa shape index (κ1) is 22.0. The van der Waals surface area contributed by atoms with Crippen LogP contribution >= 0.6 is 0 Å². The number of rotatable bonds is 7. The Kier molecular flexibility index (Phi) is 6.94. The molecule has 1 aliphatic heterocycles. The van der Waals surface area contributed by atoms with E-state index < -0.39 is 21.8 Å². The summed E-state index contributed by atoms with van der Waals surface area (Å²) in [5.74, 6) is -0.879. The number of sulfonamides is 1. The quantitative estimate of drug-likeness (QED) is 0.720. The van der Waals surface area contributed by atoms with Crippen molar-refractivity contribution in [2.75, 3.05) is 32.1 Å². The van der Waals surface area contributed by atoms with E-state index in [0.29, 0.717) is 30.9 Å². The molecule has 0 saturated carbocycles. The number of nitrogens with one attached hydrogen (secondary N) is 1. The molecule has 2 aromatic carbocycles. The smallest absolute Gasteiger partial charge is 0.246 e. The molecule has 0 bridgehead atoms. The Morgan fingerprint density at radius 3 is 2.73 bits per heavy atom. The summed E-state index contributed by atoms with van der Waals surface area (Å²) in [5.41, 5.74) is 0.538. The number of carbonyl (C=O) groups excluding carboxylic acids is 1. The van der Waals surface area contributed by atoms with Crippen molar-refractivity contribution in [1.29, 1.82) is 0 Å². The molecule has 0 aromatic heterocycles. The van der Waals surface area contributed by atoms with Gasteiger partial charge in [-0.2, -0.15) is 4.31 Å². The number of piperidine rings is 1. The van der Waals surface area contributed by atoms with Gasteiger partial charge >= 0.3 is 0 Å². The number of carbonyl (C=O) groups is 1. The van der Waals surface area contributed by atoms with Crippen LogP contribution in [0.3, 0.4) is 0 Å². The van der Waals surface area contributed by atoms with Crippen LogP contribution in [0.1, 0.15) is 19.8 Å². The zero-order valence-electron chi connectivity index (χ0n) is 16.9. The first-order valence-electron chi connectivity index (χ1n) is 9.73. The van der Waals surface area contributed by atoms with Gasteiger partial charge in [-0.15, -0.1) is 0 Å². The molecule has 1 saturated heterocycles. The lowest BCUT2D eigenvalue weighted by molar-refractivity contribution is -0.120. The van der Waals surface area contributed by atoms with Crippen LogP contribution in [0.15, 0.2) is 47.4 Å². The van der Waals surface area contributed by atoms with E-state index in [1.165, 1.54) is 17.5 Å². The van der Waals surface area contributed by atoms with Gasteiger partial charge in [-0.1, -0.05) is 12.1 Å². The second-order valence-corrected chi connectivity index (χ2v) is 8.82. The maximum Gasteiger partial charge on any atom is 0.246 e. The van der Waals surface area contributed by atoms with E-state index in [0.717, 1.165) is 12.1 Å². The minimum absolute atomic E-state index is 0.00460. The van der Waals surface area contributed by atoms with Gasteiger partial charge in [0.05, 0.1) is 25.3 Å². The van der Waals surface area contributed by atoms with E-state index in [1.807, 2.05) is 13.0 Å². The Hall–Kier alpha value is -2.65. The number of methoxy groups -OCH3 is 1. The number of benzene rings is 2. The number of hydrogen-bond donors (Lipinski definition) is 1. The normalized spacial score (nSPS) is 17.4. The third-order valence-electron chi connectivity index (χ3n) is 4.94. The van der Waals surface area contributed by atoms with E-state index in [4.69, 9.17) is 9.47 Å². The minimum Gasteiger partial charge on any atom is -0.495 e. The Bertz CT molecular complexity index is 1010. The summed E-state index contributed by atoms with van der Waals surface area (Å²) < 4.78 is 51.8. The maximum absolute atomic E-state index is 13.7. The minimum atomic E-state index is -4.02. The SMILES string of the molecule is CCOc1ccccc1NC(=O)[C@H]1CCCN(S(=O)(=O)c2cc(F)ccc2OC)C1. The average Bonchev–Trinajstić information content (AvgIpc) is 2.75. The third-order valence-corrected chi connectivity index (χ3v) is 6.83. The number of amides is 1. The van der Waals surface area contributed by atoms with Gasteiger partial charge in [0.1, 0.15) is 22.2 Å². The van der Waals surface area contributed by atoms with Crippen LogP contribution in [0.25, 0.3) is 0 Å². The lowest BCUT2D eigenvalue weighted by atomic mass is 9.98. The lowest BCUT2D eigenvalue weighted by Gasteiger charge is -2.31. The Morgan fingerprint density at radius 2 is 2.00 bits per heavy atom. The van der Waals surface area contributed by atoms with Gasteiger partial charge in [0.25, 0.3) is 0 Å². The monoisotopic (exact) mass is 436 g/mol. The molecular weight excluding hydrogens is 411 g/mol. The predicted octanol–water partition coefficient (Wildman–Crippen LogP) is 3.27. The fraction of sp³-hybridized carbons (Fsp3) is 0.381. The molecule has 1 fully saturated rings. The van der Waals surface area contributed by atoms with Crippen molar-refractivity contribution in [3.8, 4) is 11.5 Å². The number of ether oxygens (including phenoxy) is 2. The number of halogens is 1. The van der Waals surface area contributed by atoms with Crippen LogP contribution in [0, 0.1) is 11.7 Å². The summed E-state index contributed by atoms with van der Waals surface area (Å²) in [4.78, 5) is 12.6. The van der Waals surface area contributed by atoms with E-state index in [9.17, 15) is 17.6 Å². The molecule has 1 aliphatic rings. The highest BCUT2D eigenvalue weighted by atomic mass is 32.2. The summed E-state index contributed by atoms with van der Waals surface area (Å²) in [6.07, 6.45) is 1.07. The lowest BCUT2D eigenvalue weighted by Crippen LogP contribution is -2.43. The summed E-state index contributed by atoms with van der Waals surface area (Å²) in [6, 6.07) is 10.4. The van der Waals surface area contributed by atoms with Crippen LogP contribution in [-0.2, 0) is 14.8 Å². The number of para-hydroxylation sites is 2. The van der Waals surface area contributed by atoms with Crippen molar-refractivity contribution in [3.63, 3.8) is 0 Å². The van der Waals surface area contributed by atoms with Gasteiger partial charge in [0.15, 0.2) is 0 Å². The summed E-state index contributed by atoms with van der Waals surface area (Å²) in [6.45, 7) is 2.56. The zero-order chi connectivity index (χ0) is 21.7. The average molecular weight is 437 g/mol. The van der Waals surface area contributed by atoms with Gasteiger partial charge in [-0.3, -0.25) is 4.79 Å². The molecule has 0 spiro atoms. The number of hydrogen-bond acceptors (Lipinski definition) is 5. The highest BCUT2D eigenvalue weighted by Gasteiger charge is 2.35. The first-order valence-corrected chi connectivity index (χ1v) is 11.2. The predicted molar refractivity (Wildman–Crippen MR) is 111 cm³/mol. The fourth-order valence-electron chi connectivity index (χ4n) is 3.45. The van der Waals surface area contributed by atoms with Crippen LogP contribution in [0.4, 0.5) is 10.1 Å². The molecule has 0 unspecified atom stereocenters. The van der Waals surface area contributed by atoms with Gasteiger partial charge in [0, 0.05) is 13.1 Å². The van der Waals surface area contributed by atoms with Crippen molar-refractivity contribution >= 4 is 21.6 Å². The van der Waals surface area contributed by atoms with Crippen molar-refractivity contribution in [3.05, 3.63) is 48.3 Å². The largest absolute Gasteiger partial charge is 0.495 e. The van der Waals surface area contributed by atoms with Gasteiger partial charge < -0.3 is 14.8 Å². The summed E-state index contributed by atoms with van der Waals surface area (Å²) in [7, 11) is -2.69. The van der Waals surface area contributed by atoms with Crippen molar-refractivity contribution < 1.29 is 27.1 Å². The molecule has 7 nitrogen and oxygen atoms in total. The Labute approximate surface area is 175 Å². The van der Waals surface area contributed by atoms with Crippen LogP contribution in [-0.4, -0.2) is 45.4 Å². The summed E-state index contributed by atoms with van der Waals surface area (Å²) in [5, 5.41) is 2.84. The highest BCUT2D eigenvalue weighted by Crippen LogP contribution is 2.31. The van der Waals surface area contributed by atoms with Gasteiger partial charge in [0.2, 0.25) is 15.9 Å². The van der Waals surface area contributed by atoms with E-state index in [2.05, 4.69) is 5.32 Å². The summed E-state index contributed by atoms with van der Waals surface area (Å²) >= 11 is 0. The van der Waals surface area contributed by atoms with Crippen molar-refractivity contribution in [1.82, 2.24) is 4.31 Å². The molecule has 2 aromatic rings. The van der Waals surface area contributed by atoms with E-state index >= 15 is 0 Å². The zero-order valence-corrected chi connectivity index (χ0v) is 17.7. The molecule has 9 heteroatoms. The van der Waals surface area contributed by atoms with E-state index in [1.54, 1.807) is 18.2 Å². The van der Waals surface area contributed by atoms with Crippen LogP contribution in [0.2, 0.25) is 0 Å². The van der Waals surface area contributed by atoms with Gasteiger partial charge in [-0.25, -0.2) is 12.8 Å². The van der Waals surface area contributed by atoms with Crippen LogP contribution in [0.5, 0.6) is 11.5 Å². The molecule has 1 amide bonds. The molecule has 1 N–H and O–H groups in total. The topological polar surface area (TPSA) is 84.9 Å². The third kappa shape index (κ3) is 4.73. The maximum atomic E-state index is 13.7. The molecule has 0 radical (unpaired) electrons. The van der Waals surface area contributed by atoms with Crippen molar-refractivity contribution in [2.24, 2.45) is 5.92 Å². The van der Waals surface area contributed by atoms with Gasteiger partial charge in [-0.05, 0) is 50.1 Å². The second kappa shape index (κ2) is 9.44. The number of anilines is 1. The standard InChI is InChI=1S/C21H25FN2O5S/c1-3-29-18-9-5-4-8-17(18)23-21(25)15-7-6-12-24(14-15)30(26,27)20-13-16(22)10-11-19(20)28-2/h4-5,8-11,13,15H,3,6-7,12,14H2,1-2H3,(H,23,25)/t15-/m0/s1. The Balaban J connectivity index is 1.78. The highest BCUT2D eigenvalue weighted by molar-refractivity contribution is 7.89. The molecule has 0 aliphatic carbocycles. The molecule has 3 rings (SSSR count). The first-order chi connectivity index (χ1) is 14.4. The molecular formula is C21H25FN2O5S. The molecule has 30 heavy (non-hydrogen) atoms. The Morgan fingerprint density at radius 1 is 1.23 bits per heavy atom.